The van der Waals surface area contributed by atoms with E-state index in [0.29, 0.717) is 28.6 Å². The second-order valence-electron chi connectivity index (χ2n) is 6.03. The van der Waals surface area contributed by atoms with E-state index in [9.17, 15) is 10.1 Å². The molecule has 1 N–H and O–H groups in total. The minimum Gasteiger partial charge on any atom is -0.317 e. The summed E-state index contributed by atoms with van der Waals surface area (Å²) < 4.78 is 1.75. The zero-order valence-electron chi connectivity index (χ0n) is 13.8. The van der Waals surface area contributed by atoms with Crippen LogP contribution in [0.4, 0.5) is 5.00 Å². The fourth-order valence-electron chi connectivity index (χ4n) is 3.06. The number of halogens is 1. The van der Waals surface area contributed by atoms with Gasteiger partial charge in [0.1, 0.15) is 11.1 Å². The Hall–Kier alpha value is -1.84. The molecule has 2 heterocycles. The summed E-state index contributed by atoms with van der Waals surface area (Å²) in [5.41, 5.74) is 3.42. The molecular weight excluding hydrogens is 344 g/mol. The Balaban J connectivity index is 1.68. The molecule has 0 spiro atoms. The molecule has 0 radical (unpaired) electrons. The summed E-state index contributed by atoms with van der Waals surface area (Å²) in [6, 6.07) is 2.26. The molecule has 0 fully saturated rings. The Morgan fingerprint density at radius 3 is 2.83 bits per heavy atom. The largest absolute Gasteiger partial charge is 0.317 e. The number of thiophene rings is 1. The van der Waals surface area contributed by atoms with Crippen LogP contribution in [0.5, 0.6) is 0 Å². The number of nitrogens with zero attached hydrogens (tertiary/aromatic N) is 3. The van der Waals surface area contributed by atoms with Gasteiger partial charge in [-0.2, -0.15) is 10.4 Å². The average molecular weight is 363 g/mol. The lowest BCUT2D eigenvalue weighted by Gasteiger charge is -2.09. The number of carbonyl (C=O) groups excluding carboxylic acids is 1. The van der Waals surface area contributed by atoms with E-state index in [1.807, 2.05) is 13.8 Å². The molecule has 2 aromatic heterocycles. The number of carbonyl (C=O) groups is 1. The molecule has 2 aromatic rings. The highest BCUT2D eigenvalue weighted by Crippen LogP contribution is 2.37. The Bertz CT molecular complexity index is 831. The van der Waals surface area contributed by atoms with E-state index >= 15 is 0 Å². The molecule has 7 heteroatoms. The zero-order chi connectivity index (χ0) is 17.3. The second kappa shape index (κ2) is 6.96. The van der Waals surface area contributed by atoms with Crippen molar-refractivity contribution >= 4 is 33.8 Å². The van der Waals surface area contributed by atoms with Gasteiger partial charge in [0.25, 0.3) is 0 Å². The van der Waals surface area contributed by atoms with Crippen LogP contribution in [0.2, 0.25) is 5.02 Å². The van der Waals surface area contributed by atoms with E-state index in [2.05, 4.69) is 16.5 Å². The van der Waals surface area contributed by atoms with Gasteiger partial charge in [-0.15, -0.1) is 11.3 Å². The number of hydrogen-bond donors (Lipinski definition) is 1. The second-order valence-corrected chi connectivity index (χ2v) is 7.52. The number of nitriles is 1. The number of nitrogens with one attached hydrogen (secondary N) is 1. The van der Waals surface area contributed by atoms with Gasteiger partial charge in [-0.1, -0.05) is 11.6 Å². The predicted molar refractivity (Wildman–Crippen MR) is 95.6 cm³/mol. The van der Waals surface area contributed by atoms with Gasteiger partial charge >= 0.3 is 0 Å². The Kier molecular flexibility index (Phi) is 4.93. The molecular formula is C17H19ClN4OS. The van der Waals surface area contributed by atoms with Crippen molar-refractivity contribution in [1.82, 2.24) is 9.78 Å². The molecule has 3 rings (SSSR count). The number of aryl methyl sites for hydroxylation is 3. The van der Waals surface area contributed by atoms with E-state index < -0.39 is 0 Å². The van der Waals surface area contributed by atoms with Crippen molar-refractivity contribution in [2.75, 3.05) is 5.32 Å². The van der Waals surface area contributed by atoms with Gasteiger partial charge < -0.3 is 5.32 Å². The summed E-state index contributed by atoms with van der Waals surface area (Å²) in [7, 11) is 0. The molecule has 24 heavy (non-hydrogen) atoms. The highest BCUT2D eigenvalue weighted by Gasteiger charge is 2.21. The number of anilines is 1. The van der Waals surface area contributed by atoms with E-state index in [1.54, 1.807) is 16.0 Å². The van der Waals surface area contributed by atoms with Crippen LogP contribution in [0.25, 0.3) is 0 Å². The number of hydrogen-bond acceptors (Lipinski definition) is 4. The van der Waals surface area contributed by atoms with Gasteiger partial charge in [-0.25, -0.2) is 0 Å². The van der Waals surface area contributed by atoms with Crippen LogP contribution in [0.3, 0.4) is 0 Å². The monoisotopic (exact) mass is 362 g/mol. The van der Waals surface area contributed by atoms with Crippen molar-refractivity contribution in [2.45, 2.75) is 52.5 Å². The third kappa shape index (κ3) is 3.19. The summed E-state index contributed by atoms with van der Waals surface area (Å²) >= 11 is 7.67. The van der Waals surface area contributed by atoms with Crippen LogP contribution in [0.15, 0.2) is 0 Å². The fraction of sp³-hybridized carbons (Fsp3) is 0.471. The standard InChI is InChI=1S/C17H19ClN4OS/c1-10-16(18)11(2)22(21-10)8-7-15(23)20-17-13(9-19)12-5-3-4-6-14(12)24-17/h3-8H2,1-2H3,(H,20,23). The quantitative estimate of drug-likeness (QED) is 0.893. The maximum Gasteiger partial charge on any atom is 0.226 e. The first-order valence-corrected chi connectivity index (χ1v) is 9.24. The van der Waals surface area contributed by atoms with Crippen molar-refractivity contribution in [2.24, 2.45) is 0 Å². The van der Waals surface area contributed by atoms with Crippen LogP contribution in [-0.4, -0.2) is 15.7 Å². The molecule has 0 atom stereocenters. The predicted octanol–water partition coefficient (Wildman–Crippen LogP) is 3.99. The molecule has 0 aromatic carbocycles. The van der Waals surface area contributed by atoms with Crippen LogP contribution in [-0.2, 0) is 24.2 Å². The average Bonchev–Trinajstić information content (AvgIpc) is 3.04. The van der Waals surface area contributed by atoms with Crippen LogP contribution in [0.1, 0.15) is 46.7 Å². The van der Waals surface area contributed by atoms with Gasteiger partial charge in [0.15, 0.2) is 0 Å². The van der Waals surface area contributed by atoms with Crippen LogP contribution in [0, 0.1) is 25.2 Å². The van der Waals surface area contributed by atoms with Crippen molar-refractivity contribution in [3.63, 3.8) is 0 Å². The maximum absolute atomic E-state index is 12.3. The van der Waals surface area contributed by atoms with Crippen LogP contribution >= 0.6 is 22.9 Å². The molecule has 0 saturated carbocycles. The summed E-state index contributed by atoms with van der Waals surface area (Å²) in [6.45, 7) is 4.21. The Labute approximate surface area is 150 Å². The first-order chi connectivity index (χ1) is 11.5. The Morgan fingerprint density at radius 2 is 2.17 bits per heavy atom. The third-order valence-electron chi connectivity index (χ3n) is 4.38. The van der Waals surface area contributed by atoms with Gasteiger partial charge in [0.2, 0.25) is 5.91 Å². The van der Waals surface area contributed by atoms with Crippen molar-refractivity contribution < 1.29 is 4.79 Å². The lowest BCUT2D eigenvalue weighted by atomic mass is 9.96. The van der Waals surface area contributed by atoms with Crippen LogP contribution < -0.4 is 5.32 Å². The van der Waals surface area contributed by atoms with Gasteiger partial charge in [0.05, 0.1) is 28.5 Å². The highest BCUT2D eigenvalue weighted by molar-refractivity contribution is 7.16. The third-order valence-corrected chi connectivity index (χ3v) is 6.13. The van der Waals surface area contributed by atoms with E-state index in [0.717, 1.165) is 42.6 Å². The highest BCUT2D eigenvalue weighted by atomic mass is 35.5. The summed E-state index contributed by atoms with van der Waals surface area (Å²) in [4.78, 5) is 13.5. The normalized spacial score (nSPS) is 13.4. The fourth-order valence-corrected chi connectivity index (χ4v) is 4.45. The molecule has 1 aliphatic carbocycles. The van der Waals surface area contributed by atoms with Gasteiger partial charge in [-0.3, -0.25) is 9.48 Å². The van der Waals surface area contributed by atoms with E-state index in [4.69, 9.17) is 11.6 Å². The number of fused-ring (bicyclic) bond motifs is 1. The molecule has 1 aliphatic rings. The van der Waals surface area contributed by atoms with Crippen molar-refractivity contribution in [3.8, 4) is 6.07 Å². The molecule has 5 nitrogen and oxygen atoms in total. The molecule has 0 aliphatic heterocycles. The topological polar surface area (TPSA) is 70.7 Å². The van der Waals surface area contributed by atoms with Gasteiger partial charge in [-0.05, 0) is 45.1 Å². The molecule has 0 unspecified atom stereocenters. The lowest BCUT2D eigenvalue weighted by Crippen LogP contribution is -2.15. The molecule has 0 saturated heterocycles. The zero-order valence-corrected chi connectivity index (χ0v) is 15.4. The molecule has 126 valence electrons. The molecule has 1 amide bonds. The number of aromatic nitrogens is 2. The maximum atomic E-state index is 12.3. The van der Waals surface area contributed by atoms with Crippen molar-refractivity contribution in [3.05, 3.63) is 32.4 Å². The first kappa shape index (κ1) is 17.0. The minimum atomic E-state index is -0.103. The van der Waals surface area contributed by atoms with E-state index in [1.165, 1.54) is 4.88 Å². The Morgan fingerprint density at radius 1 is 1.42 bits per heavy atom. The SMILES string of the molecule is Cc1nn(CCC(=O)Nc2sc3c(c2C#N)CCCC3)c(C)c1Cl. The summed E-state index contributed by atoms with van der Waals surface area (Å²) in [5.74, 6) is -0.103. The minimum absolute atomic E-state index is 0.103. The van der Waals surface area contributed by atoms with E-state index in [-0.39, 0.29) is 5.91 Å². The van der Waals surface area contributed by atoms with Gasteiger partial charge in [0, 0.05) is 11.3 Å². The van der Waals surface area contributed by atoms with Crippen molar-refractivity contribution in [1.29, 1.82) is 5.26 Å². The molecule has 0 bridgehead atoms. The lowest BCUT2D eigenvalue weighted by molar-refractivity contribution is -0.116. The number of amides is 1. The smallest absolute Gasteiger partial charge is 0.226 e. The first-order valence-electron chi connectivity index (χ1n) is 8.05. The summed E-state index contributed by atoms with van der Waals surface area (Å²) in [6.07, 6.45) is 4.52. The number of rotatable bonds is 4. The summed E-state index contributed by atoms with van der Waals surface area (Å²) in [5, 5.41) is 18.0.